The molecule has 0 bridgehead atoms. The topological polar surface area (TPSA) is 49.4 Å². The van der Waals surface area contributed by atoms with E-state index in [-0.39, 0.29) is 31.3 Å². The molecule has 0 aliphatic heterocycles. The van der Waals surface area contributed by atoms with Gasteiger partial charge in [-0.3, -0.25) is 9.59 Å². The Labute approximate surface area is 145 Å². The highest BCUT2D eigenvalue weighted by atomic mass is 35.5. The molecule has 0 fully saturated rings. The second-order valence-electron chi connectivity index (χ2n) is 5.24. The zero-order valence-corrected chi connectivity index (χ0v) is 14.0. The van der Waals surface area contributed by atoms with Crippen LogP contribution in [-0.2, 0) is 16.0 Å². The molecule has 6 heteroatoms. The van der Waals surface area contributed by atoms with E-state index in [1.807, 2.05) is 0 Å². The summed E-state index contributed by atoms with van der Waals surface area (Å²) in [6, 6.07) is 13.1. The van der Waals surface area contributed by atoms with Crippen LogP contribution in [0.5, 0.6) is 0 Å². The van der Waals surface area contributed by atoms with E-state index in [0.29, 0.717) is 16.3 Å². The van der Waals surface area contributed by atoms with Crippen LogP contribution >= 0.6 is 11.6 Å². The van der Waals surface area contributed by atoms with Gasteiger partial charge in [0.05, 0.1) is 17.1 Å². The van der Waals surface area contributed by atoms with Gasteiger partial charge >= 0.3 is 0 Å². The van der Waals surface area contributed by atoms with Gasteiger partial charge in [0.1, 0.15) is 5.82 Å². The van der Waals surface area contributed by atoms with E-state index in [2.05, 4.69) is 5.32 Å². The molecule has 126 valence electrons. The molecule has 0 saturated heterocycles. The minimum absolute atomic E-state index is 0.0428. The number of carbonyl (C=O) groups excluding carboxylic acids is 2. The lowest BCUT2D eigenvalue weighted by Gasteiger charge is -2.22. The van der Waals surface area contributed by atoms with Gasteiger partial charge in [0.15, 0.2) is 0 Å². The number of amides is 2. The second-order valence-corrected chi connectivity index (χ2v) is 5.65. The average molecular weight is 349 g/mol. The van der Waals surface area contributed by atoms with Crippen molar-refractivity contribution < 1.29 is 14.0 Å². The quantitative estimate of drug-likeness (QED) is 0.871. The predicted octanol–water partition coefficient (Wildman–Crippen LogP) is 3.19. The SMILES string of the molecule is CC(=O)N(CCNC(=O)Cc1ccccc1F)c1ccccc1Cl. The monoisotopic (exact) mass is 348 g/mol. The van der Waals surface area contributed by atoms with Gasteiger partial charge in [-0.1, -0.05) is 41.9 Å². The first-order valence-corrected chi connectivity index (χ1v) is 7.89. The Balaban J connectivity index is 1.92. The Morgan fingerprint density at radius 2 is 1.79 bits per heavy atom. The molecule has 2 aromatic rings. The lowest BCUT2D eigenvalue weighted by atomic mass is 10.1. The highest BCUT2D eigenvalue weighted by molar-refractivity contribution is 6.33. The number of halogens is 2. The van der Waals surface area contributed by atoms with Crippen LogP contribution in [0.4, 0.5) is 10.1 Å². The van der Waals surface area contributed by atoms with Crippen molar-refractivity contribution in [3.63, 3.8) is 0 Å². The van der Waals surface area contributed by atoms with E-state index in [1.54, 1.807) is 42.5 Å². The molecule has 4 nitrogen and oxygen atoms in total. The molecule has 24 heavy (non-hydrogen) atoms. The smallest absolute Gasteiger partial charge is 0.224 e. The summed E-state index contributed by atoms with van der Waals surface area (Å²) in [5, 5.41) is 3.15. The number of benzene rings is 2. The molecule has 2 aromatic carbocycles. The molecule has 0 unspecified atom stereocenters. The minimum atomic E-state index is -0.408. The molecular weight excluding hydrogens is 331 g/mol. The van der Waals surface area contributed by atoms with Gasteiger partial charge in [-0.05, 0) is 23.8 Å². The Kier molecular flexibility index (Phi) is 6.32. The van der Waals surface area contributed by atoms with Crippen molar-refractivity contribution in [1.82, 2.24) is 5.32 Å². The predicted molar refractivity (Wildman–Crippen MR) is 92.6 cm³/mol. The molecule has 2 amide bonds. The normalized spacial score (nSPS) is 10.3. The standard InChI is InChI=1S/C18H18ClFN2O2/c1-13(23)22(17-9-5-3-7-15(17)19)11-10-21-18(24)12-14-6-2-4-8-16(14)20/h2-9H,10-12H2,1H3,(H,21,24). The molecule has 0 aliphatic rings. The highest BCUT2D eigenvalue weighted by Gasteiger charge is 2.14. The number of nitrogens with zero attached hydrogens (tertiary/aromatic N) is 1. The fraction of sp³-hybridized carbons (Fsp3) is 0.222. The van der Waals surface area contributed by atoms with E-state index >= 15 is 0 Å². The fourth-order valence-electron chi connectivity index (χ4n) is 2.30. The average Bonchev–Trinajstić information content (AvgIpc) is 2.54. The number of anilines is 1. The first kappa shape index (κ1) is 17.9. The van der Waals surface area contributed by atoms with Crippen LogP contribution in [0.1, 0.15) is 12.5 Å². The molecule has 0 aromatic heterocycles. The summed E-state index contributed by atoms with van der Waals surface area (Å²) in [5.41, 5.74) is 0.930. The second kappa shape index (κ2) is 8.45. The van der Waals surface area contributed by atoms with Crippen LogP contribution in [0, 0.1) is 5.82 Å². The fourth-order valence-corrected chi connectivity index (χ4v) is 2.54. The van der Waals surface area contributed by atoms with E-state index in [0.717, 1.165) is 0 Å². The third-order valence-electron chi connectivity index (χ3n) is 3.49. The number of para-hydroxylation sites is 1. The van der Waals surface area contributed by atoms with Crippen molar-refractivity contribution in [2.45, 2.75) is 13.3 Å². The minimum Gasteiger partial charge on any atom is -0.354 e. The molecule has 0 atom stereocenters. The van der Waals surface area contributed by atoms with Gasteiger partial charge in [0, 0.05) is 20.0 Å². The van der Waals surface area contributed by atoms with Gasteiger partial charge in [0.2, 0.25) is 11.8 Å². The van der Waals surface area contributed by atoms with Crippen LogP contribution in [0.2, 0.25) is 5.02 Å². The summed E-state index contributed by atoms with van der Waals surface area (Å²) >= 11 is 6.11. The maximum atomic E-state index is 13.5. The third kappa shape index (κ3) is 4.80. The van der Waals surface area contributed by atoms with Crippen molar-refractivity contribution in [2.24, 2.45) is 0 Å². The van der Waals surface area contributed by atoms with Crippen molar-refractivity contribution in [3.8, 4) is 0 Å². The lowest BCUT2D eigenvalue weighted by Crippen LogP contribution is -2.38. The summed E-state index contributed by atoms with van der Waals surface area (Å²) in [5.74, 6) is -0.886. The summed E-state index contributed by atoms with van der Waals surface area (Å²) in [6.45, 7) is 1.96. The van der Waals surface area contributed by atoms with E-state index in [9.17, 15) is 14.0 Å². The van der Waals surface area contributed by atoms with Crippen molar-refractivity contribution in [1.29, 1.82) is 0 Å². The summed E-state index contributed by atoms with van der Waals surface area (Å²) in [6.07, 6.45) is -0.0428. The molecular formula is C18H18ClFN2O2. The van der Waals surface area contributed by atoms with E-state index in [4.69, 9.17) is 11.6 Å². The van der Waals surface area contributed by atoms with E-state index in [1.165, 1.54) is 17.9 Å². The number of nitrogens with one attached hydrogen (secondary N) is 1. The number of hydrogen-bond acceptors (Lipinski definition) is 2. The molecule has 0 saturated carbocycles. The summed E-state index contributed by atoms with van der Waals surface area (Å²) < 4.78 is 13.5. The Morgan fingerprint density at radius 1 is 1.12 bits per heavy atom. The largest absolute Gasteiger partial charge is 0.354 e. The maximum absolute atomic E-state index is 13.5. The van der Waals surface area contributed by atoms with Crippen molar-refractivity contribution in [3.05, 3.63) is 64.9 Å². The van der Waals surface area contributed by atoms with Gasteiger partial charge in [-0.2, -0.15) is 0 Å². The number of carbonyl (C=O) groups is 2. The van der Waals surface area contributed by atoms with Gasteiger partial charge in [-0.15, -0.1) is 0 Å². The molecule has 0 radical (unpaired) electrons. The van der Waals surface area contributed by atoms with Crippen molar-refractivity contribution in [2.75, 3.05) is 18.0 Å². The van der Waals surface area contributed by atoms with Crippen LogP contribution < -0.4 is 10.2 Å². The number of rotatable bonds is 6. The molecule has 0 aliphatic carbocycles. The third-order valence-corrected chi connectivity index (χ3v) is 3.81. The highest BCUT2D eigenvalue weighted by Crippen LogP contribution is 2.24. The zero-order valence-electron chi connectivity index (χ0n) is 13.3. The zero-order chi connectivity index (χ0) is 17.5. The van der Waals surface area contributed by atoms with Gasteiger partial charge in [-0.25, -0.2) is 4.39 Å². The maximum Gasteiger partial charge on any atom is 0.224 e. The first-order chi connectivity index (χ1) is 11.5. The molecule has 0 heterocycles. The Bertz CT molecular complexity index is 736. The summed E-state index contributed by atoms with van der Waals surface area (Å²) in [7, 11) is 0. The molecule has 1 N–H and O–H groups in total. The van der Waals surface area contributed by atoms with E-state index < -0.39 is 5.82 Å². The van der Waals surface area contributed by atoms with Gasteiger partial charge in [0.25, 0.3) is 0 Å². The Hall–Kier alpha value is -2.40. The van der Waals surface area contributed by atoms with Crippen molar-refractivity contribution >= 4 is 29.1 Å². The van der Waals surface area contributed by atoms with Crippen LogP contribution in [0.3, 0.4) is 0 Å². The Morgan fingerprint density at radius 3 is 2.46 bits per heavy atom. The van der Waals surface area contributed by atoms with Crippen LogP contribution in [0.25, 0.3) is 0 Å². The molecule has 0 spiro atoms. The lowest BCUT2D eigenvalue weighted by molar-refractivity contribution is -0.121. The first-order valence-electron chi connectivity index (χ1n) is 7.52. The van der Waals surface area contributed by atoms with Gasteiger partial charge < -0.3 is 10.2 Å². The summed E-state index contributed by atoms with van der Waals surface area (Å²) in [4.78, 5) is 25.2. The molecule has 2 rings (SSSR count). The van der Waals surface area contributed by atoms with Crippen LogP contribution in [-0.4, -0.2) is 24.9 Å². The number of hydrogen-bond donors (Lipinski definition) is 1. The van der Waals surface area contributed by atoms with Crippen LogP contribution in [0.15, 0.2) is 48.5 Å².